The summed E-state index contributed by atoms with van der Waals surface area (Å²) >= 11 is 3.19. The molecule has 0 fully saturated rings. The summed E-state index contributed by atoms with van der Waals surface area (Å²) in [5.41, 5.74) is 5.76. The SMILES string of the molecule is N#Cc1cc(Br)cc(NCC(F)(F)CN)c1. The van der Waals surface area contributed by atoms with Gasteiger partial charge in [-0.1, -0.05) is 15.9 Å². The fourth-order valence-corrected chi connectivity index (χ4v) is 1.55. The number of hydrogen-bond acceptors (Lipinski definition) is 3. The predicted octanol–water partition coefficient (Wildman–Crippen LogP) is 2.33. The van der Waals surface area contributed by atoms with Gasteiger partial charge < -0.3 is 11.1 Å². The molecule has 0 saturated heterocycles. The van der Waals surface area contributed by atoms with E-state index in [-0.39, 0.29) is 0 Å². The lowest BCUT2D eigenvalue weighted by Gasteiger charge is -2.15. The Morgan fingerprint density at radius 1 is 1.44 bits per heavy atom. The van der Waals surface area contributed by atoms with Gasteiger partial charge in [0.2, 0.25) is 0 Å². The standard InChI is InChI=1S/C10H10BrF2N3/c11-8-1-7(4-14)2-9(3-8)16-6-10(12,13)5-15/h1-3,16H,5-6,15H2. The Morgan fingerprint density at radius 3 is 2.69 bits per heavy atom. The van der Waals surface area contributed by atoms with Gasteiger partial charge in [-0.25, -0.2) is 8.78 Å². The van der Waals surface area contributed by atoms with Crippen molar-refractivity contribution in [2.24, 2.45) is 5.73 Å². The van der Waals surface area contributed by atoms with Crippen molar-refractivity contribution in [3.05, 3.63) is 28.2 Å². The number of hydrogen-bond donors (Lipinski definition) is 2. The van der Waals surface area contributed by atoms with Crippen LogP contribution in [0.5, 0.6) is 0 Å². The van der Waals surface area contributed by atoms with Crippen LogP contribution in [0.2, 0.25) is 0 Å². The molecular formula is C10H10BrF2N3. The summed E-state index contributed by atoms with van der Waals surface area (Å²) in [6.45, 7) is -1.26. The summed E-state index contributed by atoms with van der Waals surface area (Å²) in [5.74, 6) is -2.95. The second-order valence-corrected chi connectivity index (χ2v) is 4.17. The molecule has 0 aliphatic rings. The number of alkyl halides is 2. The summed E-state index contributed by atoms with van der Waals surface area (Å²) in [6, 6.07) is 6.66. The van der Waals surface area contributed by atoms with Crippen molar-refractivity contribution in [1.82, 2.24) is 0 Å². The van der Waals surface area contributed by atoms with Crippen molar-refractivity contribution in [3.8, 4) is 6.07 Å². The monoisotopic (exact) mass is 289 g/mol. The Morgan fingerprint density at radius 2 is 2.12 bits per heavy atom. The number of nitrogens with one attached hydrogen (secondary N) is 1. The molecule has 0 aromatic heterocycles. The molecule has 0 bridgehead atoms. The van der Waals surface area contributed by atoms with Gasteiger partial charge in [0, 0.05) is 10.2 Å². The molecule has 0 unspecified atom stereocenters. The first kappa shape index (κ1) is 12.9. The largest absolute Gasteiger partial charge is 0.379 e. The summed E-state index contributed by atoms with van der Waals surface area (Å²) in [4.78, 5) is 0. The molecule has 1 aromatic carbocycles. The number of nitriles is 1. The minimum Gasteiger partial charge on any atom is -0.379 e. The maximum absolute atomic E-state index is 12.9. The van der Waals surface area contributed by atoms with Crippen LogP contribution < -0.4 is 11.1 Å². The van der Waals surface area contributed by atoms with E-state index >= 15 is 0 Å². The first-order valence-corrected chi connectivity index (χ1v) is 5.28. The molecule has 6 heteroatoms. The van der Waals surface area contributed by atoms with Crippen LogP contribution in [0, 0.1) is 11.3 Å². The van der Waals surface area contributed by atoms with Crippen LogP contribution in [0.15, 0.2) is 22.7 Å². The van der Waals surface area contributed by atoms with Gasteiger partial charge in [0.05, 0.1) is 24.7 Å². The van der Waals surface area contributed by atoms with Gasteiger partial charge in [-0.3, -0.25) is 0 Å². The highest BCUT2D eigenvalue weighted by molar-refractivity contribution is 9.10. The minimum absolute atomic E-state index is 0.396. The van der Waals surface area contributed by atoms with Crippen LogP contribution >= 0.6 is 15.9 Å². The lowest BCUT2D eigenvalue weighted by Crippen LogP contribution is -2.35. The van der Waals surface area contributed by atoms with Gasteiger partial charge >= 0.3 is 0 Å². The van der Waals surface area contributed by atoms with E-state index in [1.807, 2.05) is 6.07 Å². The molecule has 0 amide bonds. The molecule has 16 heavy (non-hydrogen) atoms. The van der Waals surface area contributed by atoms with Crippen molar-refractivity contribution < 1.29 is 8.78 Å². The Labute approximate surface area is 100 Å². The molecule has 86 valence electrons. The number of rotatable bonds is 4. The van der Waals surface area contributed by atoms with E-state index in [4.69, 9.17) is 11.0 Å². The zero-order chi connectivity index (χ0) is 12.2. The molecule has 3 N–H and O–H groups in total. The Hall–Kier alpha value is -1.19. The van der Waals surface area contributed by atoms with Crippen LogP contribution in [0.4, 0.5) is 14.5 Å². The lowest BCUT2D eigenvalue weighted by molar-refractivity contribution is 0.0254. The summed E-state index contributed by atoms with van der Waals surface area (Å²) in [6.07, 6.45) is 0. The van der Waals surface area contributed by atoms with E-state index in [9.17, 15) is 8.78 Å². The van der Waals surface area contributed by atoms with Gasteiger partial charge in [-0.15, -0.1) is 0 Å². The summed E-state index contributed by atoms with van der Waals surface area (Å²) in [5, 5.41) is 11.2. The van der Waals surface area contributed by atoms with Gasteiger partial charge in [-0.05, 0) is 18.2 Å². The Kier molecular flexibility index (Phi) is 4.21. The first-order chi connectivity index (χ1) is 7.46. The molecule has 0 aliphatic heterocycles. The normalized spacial score (nSPS) is 10.9. The van der Waals surface area contributed by atoms with Crippen LogP contribution in [0.3, 0.4) is 0 Å². The molecule has 0 saturated carbocycles. The van der Waals surface area contributed by atoms with E-state index < -0.39 is 19.0 Å². The molecule has 3 nitrogen and oxygen atoms in total. The lowest BCUT2D eigenvalue weighted by atomic mass is 10.2. The van der Waals surface area contributed by atoms with Gasteiger partial charge in [0.1, 0.15) is 0 Å². The van der Waals surface area contributed by atoms with Crippen LogP contribution in [-0.2, 0) is 0 Å². The van der Waals surface area contributed by atoms with Crippen molar-refractivity contribution in [3.63, 3.8) is 0 Å². The molecule has 1 aromatic rings. The maximum atomic E-state index is 12.9. The quantitative estimate of drug-likeness (QED) is 0.894. The van der Waals surface area contributed by atoms with E-state index in [1.165, 1.54) is 6.07 Å². The second-order valence-electron chi connectivity index (χ2n) is 3.25. The summed E-state index contributed by atoms with van der Waals surface area (Å²) in [7, 11) is 0. The van der Waals surface area contributed by atoms with Crippen molar-refractivity contribution in [1.29, 1.82) is 5.26 Å². The van der Waals surface area contributed by atoms with E-state index in [0.29, 0.717) is 15.7 Å². The molecular weight excluding hydrogens is 280 g/mol. The Bertz CT molecular complexity index is 415. The first-order valence-electron chi connectivity index (χ1n) is 4.49. The summed E-state index contributed by atoms with van der Waals surface area (Å²) < 4.78 is 26.4. The highest BCUT2D eigenvalue weighted by Crippen LogP contribution is 2.20. The smallest absolute Gasteiger partial charge is 0.276 e. The highest BCUT2D eigenvalue weighted by atomic mass is 79.9. The topological polar surface area (TPSA) is 61.8 Å². The number of nitrogens with zero attached hydrogens (tertiary/aromatic N) is 1. The Balaban J connectivity index is 2.75. The van der Waals surface area contributed by atoms with Gasteiger partial charge in [-0.2, -0.15) is 5.26 Å². The van der Waals surface area contributed by atoms with E-state index in [1.54, 1.807) is 12.1 Å². The van der Waals surface area contributed by atoms with Crippen molar-refractivity contribution >= 4 is 21.6 Å². The van der Waals surface area contributed by atoms with E-state index in [2.05, 4.69) is 21.2 Å². The van der Waals surface area contributed by atoms with Crippen molar-refractivity contribution in [2.45, 2.75) is 5.92 Å². The molecule has 0 radical (unpaired) electrons. The molecule has 0 atom stereocenters. The molecule has 0 aliphatic carbocycles. The zero-order valence-electron chi connectivity index (χ0n) is 8.30. The predicted molar refractivity (Wildman–Crippen MR) is 61.3 cm³/mol. The van der Waals surface area contributed by atoms with Crippen molar-refractivity contribution in [2.75, 3.05) is 18.4 Å². The maximum Gasteiger partial charge on any atom is 0.276 e. The third-order valence-electron chi connectivity index (χ3n) is 1.88. The van der Waals surface area contributed by atoms with Gasteiger partial charge in [0.25, 0.3) is 5.92 Å². The highest BCUT2D eigenvalue weighted by Gasteiger charge is 2.26. The average Bonchev–Trinajstić information content (AvgIpc) is 2.26. The molecule has 1 rings (SSSR count). The fourth-order valence-electron chi connectivity index (χ4n) is 1.06. The third-order valence-corrected chi connectivity index (χ3v) is 2.33. The van der Waals surface area contributed by atoms with Crippen LogP contribution in [-0.4, -0.2) is 19.0 Å². The van der Waals surface area contributed by atoms with E-state index in [0.717, 1.165) is 0 Å². The number of nitrogens with two attached hydrogens (primary N) is 1. The zero-order valence-corrected chi connectivity index (χ0v) is 9.89. The number of benzene rings is 1. The fraction of sp³-hybridized carbons (Fsp3) is 0.300. The average molecular weight is 290 g/mol. The molecule has 0 heterocycles. The molecule has 0 spiro atoms. The van der Waals surface area contributed by atoms with Crippen LogP contribution in [0.1, 0.15) is 5.56 Å². The number of halogens is 3. The van der Waals surface area contributed by atoms with Gasteiger partial charge in [0.15, 0.2) is 0 Å². The third kappa shape index (κ3) is 3.76. The number of anilines is 1. The minimum atomic E-state index is -2.95. The second kappa shape index (κ2) is 5.23. The van der Waals surface area contributed by atoms with Crippen LogP contribution in [0.25, 0.3) is 0 Å².